The Morgan fingerprint density at radius 2 is 2.00 bits per heavy atom. The summed E-state index contributed by atoms with van der Waals surface area (Å²) in [6, 6.07) is 12.2. The predicted molar refractivity (Wildman–Crippen MR) is 116 cm³/mol. The van der Waals surface area contributed by atoms with Gasteiger partial charge in [0.25, 0.3) is 0 Å². The van der Waals surface area contributed by atoms with Crippen LogP contribution in [0.1, 0.15) is 32.8 Å². The van der Waals surface area contributed by atoms with Crippen molar-refractivity contribution in [1.82, 2.24) is 0 Å². The fraction of sp³-hybridized carbons (Fsp3) is 0.333. The maximum Gasteiger partial charge on any atom is 0.237 e. The molecule has 8 heteroatoms. The maximum absolute atomic E-state index is 13.0. The van der Waals surface area contributed by atoms with Gasteiger partial charge in [0.15, 0.2) is 9.84 Å². The first-order valence-corrected chi connectivity index (χ1v) is 11.9. The van der Waals surface area contributed by atoms with Gasteiger partial charge in [-0.3, -0.25) is 9.59 Å². The highest BCUT2D eigenvalue weighted by Gasteiger charge is 2.29. The largest absolute Gasteiger partial charge is 0.326 e. The van der Waals surface area contributed by atoms with E-state index in [0.29, 0.717) is 11.4 Å². The first kappa shape index (κ1) is 21.4. The van der Waals surface area contributed by atoms with Gasteiger partial charge in [-0.2, -0.15) is 0 Å². The van der Waals surface area contributed by atoms with E-state index in [1.54, 1.807) is 19.1 Å². The number of benzene rings is 2. The third-order valence-electron chi connectivity index (χ3n) is 4.83. The van der Waals surface area contributed by atoms with E-state index < -0.39 is 15.1 Å². The van der Waals surface area contributed by atoms with Crippen LogP contribution in [-0.4, -0.2) is 30.7 Å². The van der Waals surface area contributed by atoms with Gasteiger partial charge in [-0.1, -0.05) is 19.1 Å². The van der Waals surface area contributed by atoms with Crippen molar-refractivity contribution in [2.45, 2.75) is 53.9 Å². The Morgan fingerprint density at radius 1 is 1.24 bits per heavy atom. The number of anilines is 2. The van der Waals surface area contributed by atoms with Gasteiger partial charge in [0.05, 0.1) is 21.1 Å². The molecule has 154 valence electrons. The third kappa shape index (κ3) is 4.82. The van der Waals surface area contributed by atoms with Crippen LogP contribution < -0.4 is 10.6 Å². The summed E-state index contributed by atoms with van der Waals surface area (Å²) in [5.41, 5.74) is 2.24. The molecule has 0 aromatic heterocycles. The van der Waals surface area contributed by atoms with Gasteiger partial charge < -0.3 is 10.6 Å². The lowest BCUT2D eigenvalue weighted by atomic mass is 10.1. The molecule has 3 rings (SSSR count). The van der Waals surface area contributed by atoms with Crippen molar-refractivity contribution in [3.8, 4) is 0 Å². The first-order valence-electron chi connectivity index (χ1n) is 9.45. The average molecular weight is 433 g/mol. The quantitative estimate of drug-likeness (QED) is 0.723. The van der Waals surface area contributed by atoms with Crippen molar-refractivity contribution in [1.29, 1.82) is 0 Å². The van der Waals surface area contributed by atoms with Crippen molar-refractivity contribution in [3.05, 3.63) is 48.0 Å². The summed E-state index contributed by atoms with van der Waals surface area (Å²) in [6.07, 6.45) is 0.689. The molecule has 0 radical (unpaired) electrons. The minimum Gasteiger partial charge on any atom is -0.326 e. The second kappa shape index (κ2) is 8.59. The topological polar surface area (TPSA) is 92.3 Å². The van der Waals surface area contributed by atoms with Crippen molar-refractivity contribution in [2.24, 2.45) is 0 Å². The maximum atomic E-state index is 13.0. The van der Waals surface area contributed by atoms with E-state index in [4.69, 9.17) is 0 Å². The number of fused-ring (bicyclic) bond motifs is 1. The van der Waals surface area contributed by atoms with Gasteiger partial charge in [-0.05, 0) is 56.2 Å². The van der Waals surface area contributed by atoms with E-state index >= 15 is 0 Å². The summed E-state index contributed by atoms with van der Waals surface area (Å²) >= 11 is 1.39. The number of amides is 2. The Bertz CT molecular complexity index is 1050. The highest BCUT2D eigenvalue weighted by atomic mass is 32.2. The van der Waals surface area contributed by atoms with Crippen LogP contribution in [-0.2, 0) is 25.8 Å². The van der Waals surface area contributed by atoms with Gasteiger partial charge in [0.2, 0.25) is 11.8 Å². The fourth-order valence-corrected chi connectivity index (χ4v) is 5.35. The van der Waals surface area contributed by atoms with Crippen LogP contribution in [0.2, 0.25) is 0 Å². The highest BCUT2D eigenvalue weighted by Crippen LogP contribution is 2.37. The van der Waals surface area contributed by atoms with E-state index in [2.05, 4.69) is 10.6 Å². The van der Waals surface area contributed by atoms with Crippen LogP contribution in [0, 0.1) is 0 Å². The molecule has 0 saturated carbocycles. The van der Waals surface area contributed by atoms with E-state index in [1.807, 2.05) is 25.1 Å². The number of carbonyl (C=O) groups excluding carboxylic acids is 2. The first-order chi connectivity index (χ1) is 13.7. The summed E-state index contributed by atoms with van der Waals surface area (Å²) in [5, 5.41) is 4.38. The Hall–Kier alpha value is -2.32. The molecule has 2 aromatic carbocycles. The molecular formula is C21H24N2O4S2. The fourth-order valence-electron chi connectivity index (χ4n) is 3.05. The van der Waals surface area contributed by atoms with Gasteiger partial charge in [0, 0.05) is 17.0 Å². The molecule has 6 nitrogen and oxygen atoms in total. The monoisotopic (exact) mass is 432 g/mol. The zero-order valence-electron chi connectivity index (χ0n) is 16.6. The Labute approximate surface area is 175 Å². The van der Waals surface area contributed by atoms with Crippen molar-refractivity contribution >= 4 is 44.8 Å². The molecule has 29 heavy (non-hydrogen) atoms. The molecular weight excluding hydrogens is 408 g/mol. The number of thioether (sulfide) groups is 1. The summed E-state index contributed by atoms with van der Waals surface area (Å²) in [4.78, 5) is 25.2. The number of hydrogen-bond donors (Lipinski definition) is 2. The second-order valence-corrected chi connectivity index (χ2v) is 10.8. The van der Waals surface area contributed by atoms with Crippen molar-refractivity contribution < 1.29 is 18.0 Å². The lowest BCUT2D eigenvalue weighted by Gasteiger charge is -2.22. The summed E-state index contributed by atoms with van der Waals surface area (Å²) in [5.74, 6) is -0.510. The number of sulfone groups is 1. The SMILES string of the molecule is CCc1cccc(NC(=O)CC(C)S(=O)(=O)c2ccc3c(c2)NC(=O)C(C)S3)c1. The van der Waals surface area contributed by atoms with E-state index in [-0.39, 0.29) is 28.4 Å². The Kier molecular flexibility index (Phi) is 6.33. The molecule has 2 atom stereocenters. The molecule has 0 saturated heterocycles. The second-order valence-electron chi connectivity index (χ2n) is 7.07. The molecule has 2 aromatic rings. The minimum absolute atomic E-state index is 0.0972. The lowest BCUT2D eigenvalue weighted by Crippen LogP contribution is -2.27. The molecule has 0 bridgehead atoms. The smallest absolute Gasteiger partial charge is 0.237 e. The predicted octanol–water partition coefficient (Wildman–Crippen LogP) is 3.87. The van der Waals surface area contributed by atoms with Crippen LogP contribution in [0.4, 0.5) is 11.4 Å². The number of carbonyl (C=O) groups is 2. The molecule has 1 aliphatic heterocycles. The molecule has 2 unspecified atom stereocenters. The molecule has 2 N–H and O–H groups in total. The minimum atomic E-state index is -3.73. The van der Waals surface area contributed by atoms with E-state index in [9.17, 15) is 18.0 Å². The van der Waals surface area contributed by atoms with E-state index in [0.717, 1.165) is 16.9 Å². The third-order valence-corrected chi connectivity index (χ3v) is 8.15. The average Bonchev–Trinajstić information content (AvgIpc) is 2.68. The zero-order valence-corrected chi connectivity index (χ0v) is 18.2. The summed E-state index contributed by atoms with van der Waals surface area (Å²) < 4.78 is 25.9. The Balaban J connectivity index is 1.73. The lowest BCUT2D eigenvalue weighted by molar-refractivity contribution is -0.116. The standard InChI is InChI=1S/C21H24N2O4S2/c1-4-15-6-5-7-16(11-15)22-20(24)10-13(2)29(26,27)17-8-9-19-18(12-17)23-21(25)14(3)28-19/h5-9,11-14H,4,10H2,1-3H3,(H,22,24)(H,23,25). The number of hydrogen-bond acceptors (Lipinski definition) is 5. The molecule has 1 heterocycles. The van der Waals surface area contributed by atoms with Gasteiger partial charge in [-0.15, -0.1) is 11.8 Å². The van der Waals surface area contributed by atoms with Crippen LogP contribution in [0.15, 0.2) is 52.3 Å². The highest BCUT2D eigenvalue weighted by molar-refractivity contribution is 8.01. The summed E-state index contributed by atoms with van der Waals surface area (Å²) in [6.45, 7) is 5.34. The van der Waals surface area contributed by atoms with Crippen LogP contribution in [0.5, 0.6) is 0 Å². The van der Waals surface area contributed by atoms with Gasteiger partial charge in [-0.25, -0.2) is 8.42 Å². The molecule has 2 amide bonds. The molecule has 0 spiro atoms. The molecule has 0 aliphatic carbocycles. The van der Waals surface area contributed by atoms with Crippen LogP contribution in [0.25, 0.3) is 0 Å². The normalized spacial score (nSPS) is 17.2. The Morgan fingerprint density at radius 3 is 2.72 bits per heavy atom. The molecule has 0 fully saturated rings. The zero-order chi connectivity index (χ0) is 21.2. The van der Waals surface area contributed by atoms with Gasteiger partial charge in [0.1, 0.15) is 0 Å². The van der Waals surface area contributed by atoms with Crippen LogP contribution >= 0.6 is 11.8 Å². The number of nitrogens with one attached hydrogen (secondary N) is 2. The number of aryl methyl sites for hydroxylation is 1. The van der Waals surface area contributed by atoms with Gasteiger partial charge >= 0.3 is 0 Å². The van der Waals surface area contributed by atoms with Crippen molar-refractivity contribution in [2.75, 3.05) is 10.6 Å². The van der Waals surface area contributed by atoms with E-state index in [1.165, 1.54) is 30.8 Å². The van der Waals surface area contributed by atoms with Crippen LogP contribution in [0.3, 0.4) is 0 Å². The summed E-state index contributed by atoms with van der Waals surface area (Å²) in [7, 11) is -3.73. The molecule has 1 aliphatic rings. The van der Waals surface area contributed by atoms with Crippen molar-refractivity contribution in [3.63, 3.8) is 0 Å². The number of rotatable bonds is 6.